The first-order valence-corrected chi connectivity index (χ1v) is 7.25. The Labute approximate surface area is 133 Å². The van der Waals surface area contributed by atoms with Crippen molar-refractivity contribution in [3.05, 3.63) is 47.2 Å². The molecule has 0 aliphatic rings. The highest BCUT2D eigenvalue weighted by atomic mass is 35.5. The molecule has 0 unspecified atom stereocenters. The van der Waals surface area contributed by atoms with Crippen molar-refractivity contribution in [2.75, 3.05) is 33.4 Å². The minimum atomic E-state index is -0.253. The summed E-state index contributed by atoms with van der Waals surface area (Å²) in [5.74, 6) is -0.253. The van der Waals surface area contributed by atoms with Crippen LogP contribution in [0.2, 0.25) is 5.02 Å². The third kappa shape index (κ3) is 3.85. The van der Waals surface area contributed by atoms with E-state index in [1.807, 2.05) is 18.2 Å². The van der Waals surface area contributed by atoms with Crippen molar-refractivity contribution < 1.29 is 14.6 Å². The van der Waals surface area contributed by atoms with E-state index < -0.39 is 0 Å². The maximum absolute atomic E-state index is 12.4. The first-order valence-electron chi connectivity index (χ1n) is 6.87. The second-order valence-electron chi connectivity index (χ2n) is 4.61. The highest BCUT2D eigenvalue weighted by molar-refractivity contribution is 6.32. The van der Waals surface area contributed by atoms with E-state index in [0.717, 1.165) is 0 Å². The quantitative estimate of drug-likeness (QED) is 0.840. The molecule has 0 aliphatic carbocycles. The summed E-state index contributed by atoms with van der Waals surface area (Å²) in [6.45, 7) is 0.924. The molecule has 1 aromatic heterocycles. The summed E-state index contributed by atoms with van der Waals surface area (Å²) < 4.78 is 6.53. The number of hydrogen-bond acceptors (Lipinski definition) is 4. The lowest BCUT2D eigenvalue weighted by Gasteiger charge is -2.20. The number of aromatic nitrogens is 2. The molecule has 0 bridgehead atoms. The van der Waals surface area contributed by atoms with Crippen LogP contribution in [0, 0.1) is 0 Å². The van der Waals surface area contributed by atoms with E-state index in [0.29, 0.717) is 29.6 Å². The number of aliphatic hydroxyl groups is 1. The van der Waals surface area contributed by atoms with Crippen LogP contribution in [0.5, 0.6) is 0 Å². The summed E-state index contributed by atoms with van der Waals surface area (Å²) in [6.07, 6.45) is 1.68. The number of halogens is 1. The predicted octanol–water partition coefficient (Wildman–Crippen LogP) is 1.61. The van der Waals surface area contributed by atoms with Gasteiger partial charge in [0.15, 0.2) is 5.69 Å². The van der Waals surface area contributed by atoms with Crippen LogP contribution in [0.3, 0.4) is 0 Å². The lowest BCUT2D eigenvalue weighted by molar-refractivity contribution is 0.0650. The number of carbonyl (C=O) groups excluding carboxylic acids is 1. The number of rotatable bonds is 7. The maximum Gasteiger partial charge on any atom is 0.274 e. The van der Waals surface area contributed by atoms with Crippen LogP contribution in [0.25, 0.3) is 5.69 Å². The van der Waals surface area contributed by atoms with Crippen LogP contribution in [-0.4, -0.2) is 59.1 Å². The molecule has 2 rings (SSSR count). The second kappa shape index (κ2) is 7.93. The van der Waals surface area contributed by atoms with Gasteiger partial charge in [-0.1, -0.05) is 23.7 Å². The Bertz CT molecular complexity index is 630. The largest absolute Gasteiger partial charge is 0.395 e. The second-order valence-corrected chi connectivity index (χ2v) is 5.01. The predicted molar refractivity (Wildman–Crippen MR) is 83.4 cm³/mol. The molecule has 0 saturated carbocycles. The standard InChI is InChI=1S/C15H18ClN3O3/c1-22-11-9-18(8-10-20)15(21)13-6-7-19(17-13)14-5-3-2-4-12(14)16/h2-7,20H,8-11H2,1H3. The van der Waals surface area contributed by atoms with Gasteiger partial charge in [0.2, 0.25) is 0 Å². The monoisotopic (exact) mass is 323 g/mol. The SMILES string of the molecule is COCCN(CCO)C(=O)c1ccn(-c2ccccc2Cl)n1. The molecule has 1 amide bonds. The van der Waals surface area contributed by atoms with Gasteiger partial charge in [-0.25, -0.2) is 4.68 Å². The molecule has 6 nitrogen and oxygen atoms in total. The van der Waals surface area contributed by atoms with Gasteiger partial charge < -0.3 is 14.7 Å². The Kier molecular flexibility index (Phi) is 5.94. The van der Waals surface area contributed by atoms with Crippen molar-refractivity contribution in [3.63, 3.8) is 0 Å². The van der Waals surface area contributed by atoms with Crippen LogP contribution in [0.4, 0.5) is 0 Å². The van der Waals surface area contributed by atoms with E-state index >= 15 is 0 Å². The first kappa shape index (κ1) is 16.5. The number of carbonyl (C=O) groups is 1. The Morgan fingerprint density at radius 2 is 2.14 bits per heavy atom. The van der Waals surface area contributed by atoms with E-state index in [1.165, 1.54) is 4.90 Å². The van der Waals surface area contributed by atoms with E-state index in [-0.39, 0.29) is 19.1 Å². The van der Waals surface area contributed by atoms with Gasteiger partial charge in [-0.3, -0.25) is 4.79 Å². The summed E-state index contributed by atoms with van der Waals surface area (Å²) in [7, 11) is 1.56. The minimum absolute atomic E-state index is 0.110. The number of hydrogen-bond donors (Lipinski definition) is 1. The Balaban J connectivity index is 2.19. The van der Waals surface area contributed by atoms with Crippen LogP contribution in [0.1, 0.15) is 10.5 Å². The Hall–Kier alpha value is -1.89. The summed E-state index contributed by atoms with van der Waals surface area (Å²) in [4.78, 5) is 13.9. The number of aliphatic hydroxyl groups excluding tert-OH is 1. The van der Waals surface area contributed by atoms with Crippen LogP contribution >= 0.6 is 11.6 Å². The molecule has 0 radical (unpaired) electrons. The maximum atomic E-state index is 12.4. The van der Waals surface area contributed by atoms with Gasteiger partial charge in [-0.05, 0) is 18.2 Å². The lowest BCUT2D eigenvalue weighted by Crippen LogP contribution is -2.36. The number of methoxy groups -OCH3 is 1. The van der Waals surface area contributed by atoms with Gasteiger partial charge in [-0.15, -0.1) is 0 Å². The van der Waals surface area contributed by atoms with Crippen molar-refractivity contribution in [1.29, 1.82) is 0 Å². The van der Waals surface area contributed by atoms with E-state index in [2.05, 4.69) is 5.10 Å². The fourth-order valence-electron chi connectivity index (χ4n) is 2.01. The zero-order chi connectivity index (χ0) is 15.9. The van der Waals surface area contributed by atoms with E-state index in [1.54, 1.807) is 30.1 Å². The van der Waals surface area contributed by atoms with Crippen molar-refractivity contribution in [3.8, 4) is 5.69 Å². The molecule has 22 heavy (non-hydrogen) atoms. The Morgan fingerprint density at radius 3 is 2.82 bits per heavy atom. The summed E-state index contributed by atoms with van der Waals surface area (Å²) in [6, 6.07) is 8.88. The third-order valence-electron chi connectivity index (χ3n) is 3.13. The van der Waals surface area contributed by atoms with Gasteiger partial charge >= 0.3 is 0 Å². The molecular formula is C15H18ClN3O3. The first-order chi connectivity index (χ1) is 10.7. The zero-order valence-electron chi connectivity index (χ0n) is 12.3. The van der Waals surface area contributed by atoms with Gasteiger partial charge in [0.05, 0.1) is 23.9 Å². The van der Waals surface area contributed by atoms with Crippen molar-refractivity contribution in [2.45, 2.75) is 0 Å². The van der Waals surface area contributed by atoms with Gasteiger partial charge in [0, 0.05) is 26.4 Å². The summed E-state index contributed by atoms with van der Waals surface area (Å²) in [5.41, 5.74) is 0.998. The van der Waals surface area contributed by atoms with E-state index in [4.69, 9.17) is 21.4 Å². The normalized spacial score (nSPS) is 10.7. The molecule has 2 aromatic rings. The molecule has 118 valence electrons. The zero-order valence-corrected chi connectivity index (χ0v) is 13.0. The topological polar surface area (TPSA) is 67.6 Å². The van der Waals surface area contributed by atoms with Gasteiger partial charge in [0.25, 0.3) is 5.91 Å². The number of nitrogens with zero attached hydrogens (tertiary/aromatic N) is 3. The Morgan fingerprint density at radius 1 is 1.36 bits per heavy atom. The molecular weight excluding hydrogens is 306 g/mol. The van der Waals surface area contributed by atoms with Gasteiger partial charge in [0.1, 0.15) is 0 Å². The molecule has 0 fully saturated rings. The van der Waals surface area contributed by atoms with Crippen molar-refractivity contribution in [2.24, 2.45) is 0 Å². The molecule has 0 spiro atoms. The number of benzene rings is 1. The van der Waals surface area contributed by atoms with Crippen molar-refractivity contribution >= 4 is 17.5 Å². The molecule has 1 aromatic carbocycles. The van der Waals surface area contributed by atoms with Crippen LogP contribution in [-0.2, 0) is 4.74 Å². The van der Waals surface area contributed by atoms with Crippen molar-refractivity contribution in [1.82, 2.24) is 14.7 Å². The van der Waals surface area contributed by atoms with Crippen LogP contribution < -0.4 is 0 Å². The fourth-order valence-corrected chi connectivity index (χ4v) is 2.23. The lowest BCUT2D eigenvalue weighted by atomic mass is 10.3. The minimum Gasteiger partial charge on any atom is -0.395 e. The van der Waals surface area contributed by atoms with Crippen LogP contribution in [0.15, 0.2) is 36.5 Å². The van der Waals surface area contributed by atoms with E-state index in [9.17, 15) is 4.79 Å². The molecule has 1 heterocycles. The number of amides is 1. The molecule has 1 N–H and O–H groups in total. The highest BCUT2D eigenvalue weighted by Gasteiger charge is 2.18. The average Bonchev–Trinajstić information content (AvgIpc) is 3.01. The summed E-state index contributed by atoms with van der Waals surface area (Å²) in [5, 5.41) is 13.9. The number of ether oxygens (including phenoxy) is 1. The molecule has 0 aliphatic heterocycles. The summed E-state index contributed by atoms with van der Waals surface area (Å²) >= 11 is 6.12. The average molecular weight is 324 g/mol. The highest BCUT2D eigenvalue weighted by Crippen LogP contribution is 2.19. The molecule has 0 saturated heterocycles. The fraction of sp³-hybridized carbons (Fsp3) is 0.333. The smallest absolute Gasteiger partial charge is 0.274 e. The molecule has 0 atom stereocenters. The third-order valence-corrected chi connectivity index (χ3v) is 3.45. The van der Waals surface area contributed by atoms with Gasteiger partial charge in [-0.2, -0.15) is 5.10 Å². The molecule has 7 heteroatoms. The number of para-hydroxylation sites is 1.